The standard InChI is InChI=1S/C14H17N3O4/c1-6-7-17(13(20)21-14(3,4)5)12-15-8-10(11(18)19)9(2)16-12/h1,8H,7H2,2-5H3,(H,18,19). The monoisotopic (exact) mass is 291 g/mol. The Kier molecular flexibility index (Phi) is 4.87. The summed E-state index contributed by atoms with van der Waals surface area (Å²) < 4.78 is 5.22. The van der Waals surface area contributed by atoms with Gasteiger partial charge >= 0.3 is 12.1 Å². The second-order valence-electron chi connectivity index (χ2n) is 5.24. The van der Waals surface area contributed by atoms with Crippen molar-refractivity contribution in [2.24, 2.45) is 0 Å². The molecule has 1 amide bonds. The van der Waals surface area contributed by atoms with Crippen molar-refractivity contribution < 1.29 is 19.4 Å². The van der Waals surface area contributed by atoms with E-state index < -0.39 is 17.7 Å². The third kappa shape index (κ3) is 4.45. The van der Waals surface area contributed by atoms with Crippen LogP contribution in [0.3, 0.4) is 0 Å². The SMILES string of the molecule is C#CCN(C(=O)OC(C)(C)C)c1ncc(C(=O)O)c(C)n1. The van der Waals surface area contributed by atoms with E-state index in [4.69, 9.17) is 16.3 Å². The summed E-state index contributed by atoms with van der Waals surface area (Å²) in [6.45, 7) is 6.59. The number of carbonyl (C=O) groups is 2. The quantitative estimate of drug-likeness (QED) is 0.854. The molecule has 1 aromatic rings. The van der Waals surface area contributed by atoms with E-state index in [1.807, 2.05) is 0 Å². The number of terminal acetylenes is 1. The number of anilines is 1. The van der Waals surface area contributed by atoms with Gasteiger partial charge in [-0.1, -0.05) is 5.92 Å². The second-order valence-corrected chi connectivity index (χ2v) is 5.24. The molecule has 0 aromatic carbocycles. The summed E-state index contributed by atoms with van der Waals surface area (Å²) >= 11 is 0. The van der Waals surface area contributed by atoms with E-state index in [9.17, 15) is 9.59 Å². The van der Waals surface area contributed by atoms with Crippen LogP contribution in [0.15, 0.2) is 6.20 Å². The zero-order valence-electron chi connectivity index (χ0n) is 12.4. The molecule has 0 aliphatic heterocycles. The largest absolute Gasteiger partial charge is 0.478 e. The molecule has 1 rings (SSSR count). The van der Waals surface area contributed by atoms with Crippen LogP contribution in [0.4, 0.5) is 10.7 Å². The molecule has 7 nitrogen and oxygen atoms in total. The number of ether oxygens (including phenoxy) is 1. The third-order valence-electron chi connectivity index (χ3n) is 2.30. The van der Waals surface area contributed by atoms with Crippen LogP contribution < -0.4 is 4.90 Å². The number of carboxylic acid groups (broad SMARTS) is 1. The van der Waals surface area contributed by atoms with E-state index in [2.05, 4.69) is 15.9 Å². The molecule has 0 unspecified atom stereocenters. The van der Waals surface area contributed by atoms with Gasteiger partial charge in [-0.25, -0.2) is 24.5 Å². The first kappa shape index (κ1) is 16.4. The molecule has 112 valence electrons. The number of carbonyl (C=O) groups excluding carboxylic acids is 1. The van der Waals surface area contributed by atoms with Crippen LogP contribution in [-0.4, -0.2) is 39.3 Å². The van der Waals surface area contributed by atoms with Crippen LogP contribution in [0.5, 0.6) is 0 Å². The summed E-state index contributed by atoms with van der Waals surface area (Å²) in [6.07, 6.45) is 5.68. The Labute approximate surface area is 123 Å². The molecule has 0 fully saturated rings. The molecule has 1 heterocycles. The van der Waals surface area contributed by atoms with Gasteiger partial charge in [-0.2, -0.15) is 0 Å². The Hall–Kier alpha value is -2.62. The number of rotatable bonds is 3. The number of aromatic nitrogens is 2. The first-order valence-corrected chi connectivity index (χ1v) is 6.16. The number of hydrogen-bond donors (Lipinski definition) is 1. The predicted octanol–water partition coefficient (Wildman–Crippen LogP) is 1.86. The zero-order chi connectivity index (χ0) is 16.2. The van der Waals surface area contributed by atoms with Gasteiger partial charge in [0.15, 0.2) is 0 Å². The van der Waals surface area contributed by atoms with Crippen molar-refractivity contribution >= 4 is 18.0 Å². The van der Waals surface area contributed by atoms with Gasteiger partial charge in [0.05, 0.1) is 17.8 Å². The average Bonchev–Trinajstić information content (AvgIpc) is 2.33. The van der Waals surface area contributed by atoms with E-state index in [1.54, 1.807) is 20.8 Å². The van der Waals surface area contributed by atoms with Gasteiger partial charge in [-0.15, -0.1) is 6.42 Å². The Morgan fingerprint density at radius 1 is 1.48 bits per heavy atom. The highest BCUT2D eigenvalue weighted by Crippen LogP contribution is 2.15. The summed E-state index contributed by atoms with van der Waals surface area (Å²) in [6, 6.07) is 0. The number of aryl methyl sites for hydroxylation is 1. The fourth-order valence-electron chi connectivity index (χ4n) is 1.42. The molecule has 7 heteroatoms. The van der Waals surface area contributed by atoms with Crippen molar-refractivity contribution in [1.29, 1.82) is 0 Å². The minimum atomic E-state index is -1.14. The molecule has 0 spiro atoms. The Morgan fingerprint density at radius 3 is 2.52 bits per heavy atom. The fourth-order valence-corrected chi connectivity index (χ4v) is 1.42. The van der Waals surface area contributed by atoms with E-state index in [0.717, 1.165) is 11.1 Å². The van der Waals surface area contributed by atoms with Crippen molar-refractivity contribution in [2.45, 2.75) is 33.3 Å². The lowest BCUT2D eigenvalue weighted by Crippen LogP contribution is -2.38. The van der Waals surface area contributed by atoms with Crippen LogP contribution in [0.2, 0.25) is 0 Å². The Morgan fingerprint density at radius 2 is 2.10 bits per heavy atom. The molecule has 0 aliphatic rings. The smallest absolute Gasteiger partial charge is 0.418 e. The predicted molar refractivity (Wildman–Crippen MR) is 76.1 cm³/mol. The maximum atomic E-state index is 12.1. The van der Waals surface area contributed by atoms with Gasteiger partial charge in [0.25, 0.3) is 0 Å². The molecular weight excluding hydrogens is 274 g/mol. The molecule has 0 bridgehead atoms. The Balaban J connectivity index is 3.12. The number of hydrogen-bond acceptors (Lipinski definition) is 5. The van der Waals surface area contributed by atoms with Crippen molar-refractivity contribution in [3.63, 3.8) is 0 Å². The normalized spacial score (nSPS) is 10.6. The number of amides is 1. The molecule has 0 saturated carbocycles. The summed E-state index contributed by atoms with van der Waals surface area (Å²) in [5.74, 6) is 1.18. The van der Waals surface area contributed by atoms with E-state index in [1.165, 1.54) is 6.92 Å². The van der Waals surface area contributed by atoms with Gasteiger partial charge in [0.2, 0.25) is 5.95 Å². The van der Waals surface area contributed by atoms with Crippen molar-refractivity contribution in [2.75, 3.05) is 11.4 Å². The van der Waals surface area contributed by atoms with Crippen LogP contribution in [0.1, 0.15) is 36.8 Å². The van der Waals surface area contributed by atoms with Crippen molar-refractivity contribution in [3.8, 4) is 12.3 Å². The second kappa shape index (κ2) is 6.22. The van der Waals surface area contributed by atoms with Crippen LogP contribution in [0.25, 0.3) is 0 Å². The summed E-state index contributed by atoms with van der Waals surface area (Å²) in [4.78, 5) is 32.0. The van der Waals surface area contributed by atoms with Gasteiger partial charge in [0, 0.05) is 6.20 Å². The minimum Gasteiger partial charge on any atom is -0.478 e. The number of carboxylic acids is 1. The van der Waals surface area contributed by atoms with Gasteiger partial charge in [-0.05, 0) is 27.7 Å². The maximum Gasteiger partial charge on any atom is 0.418 e. The van der Waals surface area contributed by atoms with E-state index >= 15 is 0 Å². The fraction of sp³-hybridized carbons (Fsp3) is 0.429. The average molecular weight is 291 g/mol. The molecule has 0 radical (unpaired) electrons. The van der Waals surface area contributed by atoms with Crippen LogP contribution >= 0.6 is 0 Å². The zero-order valence-corrected chi connectivity index (χ0v) is 12.4. The lowest BCUT2D eigenvalue weighted by molar-refractivity contribution is 0.0582. The Bertz CT molecular complexity index is 599. The molecule has 0 aliphatic carbocycles. The highest BCUT2D eigenvalue weighted by molar-refractivity contribution is 5.89. The van der Waals surface area contributed by atoms with E-state index in [0.29, 0.717) is 0 Å². The maximum absolute atomic E-state index is 12.1. The van der Waals surface area contributed by atoms with Gasteiger partial charge in [0.1, 0.15) is 5.60 Å². The highest BCUT2D eigenvalue weighted by atomic mass is 16.6. The van der Waals surface area contributed by atoms with Crippen molar-refractivity contribution in [1.82, 2.24) is 9.97 Å². The number of aromatic carboxylic acids is 1. The molecule has 0 atom stereocenters. The third-order valence-corrected chi connectivity index (χ3v) is 2.30. The molecule has 1 aromatic heterocycles. The summed E-state index contributed by atoms with van der Waals surface area (Å²) in [7, 11) is 0. The number of nitrogens with zero attached hydrogens (tertiary/aromatic N) is 3. The van der Waals surface area contributed by atoms with Crippen LogP contribution in [-0.2, 0) is 4.74 Å². The first-order chi connectivity index (χ1) is 9.65. The van der Waals surface area contributed by atoms with E-state index in [-0.39, 0.29) is 23.8 Å². The van der Waals surface area contributed by atoms with Crippen molar-refractivity contribution in [3.05, 3.63) is 17.5 Å². The highest BCUT2D eigenvalue weighted by Gasteiger charge is 2.25. The molecule has 0 saturated heterocycles. The summed E-state index contributed by atoms with van der Waals surface area (Å²) in [5, 5.41) is 8.94. The summed E-state index contributed by atoms with van der Waals surface area (Å²) in [5.41, 5.74) is -0.498. The lowest BCUT2D eigenvalue weighted by Gasteiger charge is -2.25. The lowest BCUT2D eigenvalue weighted by atomic mass is 10.2. The van der Waals surface area contributed by atoms with Gasteiger partial charge < -0.3 is 9.84 Å². The topological polar surface area (TPSA) is 92.6 Å². The van der Waals surface area contributed by atoms with Crippen LogP contribution in [0, 0.1) is 19.3 Å². The molecular formula is C14H17N3O4. The molecule has 1 N–H and O–H groups in total. The molecule has 21 heavy (non-hydrogen) atoms. The first-order valence-electron chi connectivity index (χ1n) is 6.16. The minimum absolute atomic E-state index is 0.00435. The van der Waals surface area contributed by atoms with Gasteiger partial charge in [-0.3, -0.25) is 0 Å².